The van der Waals surface area contributed by atoms with Crippen molar-refractivity contribution in [3.8, 4) is 11.3 Å². The largest absolute Gasteiger partial charge is 0.336 e. The molecule has 0 bridgehead atoms. The SMILES string of the molecule is CCc1c2n(c3ccc(Br)cc13)Cc1ccccc1-2.CNC. The highest BCUT2D eigenvalue weighted by Gasteiger charge is 2.24. The molecule has 0 saturated heterocycles. The van der Waals surface area contributed by atoms with Crippen molar-refractivity contribution in [3.05, 3.63) is 58.1 Å². The standard InChI is InChI=1S/C17H14BrN.C2H7N/c1-2-13-15-9-12(18)7-8-16(15)19-10-11-5-3-4-6-14(11)17(13)19;1-3-2/h3-9H,2,10H2,1H3;3H,1-2H3. The van der Waals surface area contributed by atoms with Crippen molar-refractivity contribution in [2.75, 3.05) is 14.1 Å². The highest BCUT2D eigenvalue weighted by molar-refractivity contribution is 9.10. The van der Waals surface area contributed by atoms with Crippen molar-refractivity contribution >= 4 is 26.8 Å². The van der Waals surface area contributed by atoms with E-state index in [9.17, 15) is 0 Å². The molecule has 1 N–H and O–H groups in total. The molecule has 2 aromatic carbocycles. The van der Waals surface area contributed by atoms with Crippen LogP contribution in [-0.4, -0.2) is 18.7 Å². The number of hydrogen-bond acceptors (Lipinski definition) is 1. The summed E-state index contributed by atoms with van der Waals surface area (Å²) in [6.07, 6.45) is 1.07. The minimum absolute atomic E-state index is 1.00. The fourth-order valence-electron chi connectivity index (χ4n) is 3.29. The second kappa shape index (κ2) is 6.27. The maximum atomic E-state index is 3.59. The van der Waals surface area contributed by atoms with Crippen LogP contribution in [0.5, 0.6) is 0 Å². The van der Waals surface area contributed by atoms with E-state index >= 15 is 0 Å². The first kappa shape index (κ1) is 15.3. The van der Waals surface area contributed by atoms with E-state index in [1.54, 1.807) is 0 Å². The lowest BCUT2D eigenvalue weighted by Crippen LogP contribution is -1.91. The number of aryl methyl sites for hydroxylation is 1. The van der Waals surface area contributed by atoms with Crippen molar-refractivity contribution in [1.82, 2.24) is 9.88 Å². The molecule has 0 amide bonds. The van der Waals surface area contributed by atoms with Gasteiger partial charge in [-0.05, 0) is 49.8 Å². The zero-order valence-electron chi connectivity index (χ0n) is 13.3. The molecule has 4 rings (SSSR count). The van der Waals surface area contributed by atoms with E-state index in [2.05, 4.69) is 75.2 Å². The van der Waals surface area contributed by atoms with Crippen LogP contribution in [0.1, 0.15) is 18.1 Å². The second-order valence-corrected chi connectivity index (χ2v) is 6.50. The number of fused-ring (bicyclic) bond motifs is 5. The molecule has 2 heterocycles. The van der Waals surface area contributed by atoms with Crippen LogP contribution in [0.4, 0.5) is 0 Å². The minimum Gasteiger partial charge on any atom is -0.336 e. The Labute approximate surface area is 140 Å². The van der Waals surface area contributed by atoms with Crippen molar-refractivity contribution in [2.24, 2.45) is 0 Å². The smallest absolute Gasteiger partial charge is 0.0530 e. The van der Waals surface area contributed by atoms with Gasteiger partial charge in [-0.2, -0.15) is 0 Å². The monoisotopic (exact) mass is 356 g/mol. The van der Waals surface area contributed by atoms with E-state index in [0.29, 0.717) is 0 Å². The number of benzene rings is 2. The van der Waals surface area contributed by atoms with Crippen molar-refractivity contribution in [1.29, 1.82) is 0 Å². The molecule has 0 fully saturated rings. The van der Waals surface area contributed by atoms with Crippen molar-refractivity contribution < 1.29 is 0 Å². The molecule has 3 aromatic rings. The van der Waals surface area contributed by atoms with Gasteiger partial charge in [-0.15, -0.1) is 0 Å². The van der Waals surface area contributed by atoms with Crippen LogP contribution in [-0.2, 0) is 13.0 Å². The number of aromatic nitrogens is 1. The van der Waals surface area contributed by atoms with Crippen LogP contribution in [0, 0.1) is 0 Å². The van der Waals surface area contributed by atoms with Gasteiger partial charge in [-0.1, -0.05) is 47.1 Å². The lowest BCUT2D eigenvalue weighted by molar-refractivity contribution is 0.882. The van der Waals surface area contributed by atoms with Gasteiger partial charge in [0.25, 0.3) is 0 Å². The zero-order valence-corrected chi connectivity index (χ0v) is 14.9. The predicted octanol–water partition coefficient (Wildman–Crippen LogP) is 4.83. The summed E-state index contributed by atoms with van der Waals surface area (Å²) in [4.78, 5) is 0. The van der Waals surface area contributed by atoms with Crippen molar-refractivity contribution in [2.45, 2.75) is 19.9 Å². The van der Waals surface area contributed by atoms with E-state index in [1.165, 1.54) is 33.3 Å². The summed E-state index contributed by atoms with van der Waals surface area (Å²) in [5.41, 5.74) is 7.10. The fraction of sp³-hybridized carbons (Fsp3) is 0.263. The number of hydrogen-bond donors (Lipinski definition) is 1. The first-order valence-electron chi connectivity index (χ1n) is 7.68. The molecule has 0 radical (unpaired) electrons. The molecule has 22 heavy (non-hydrogen) atoms. The summed E-state index contributed by atoms with van der Waals surface area (Å²) in [5, 5.41) is 4.14. The molecule has 0 spiro atoms. The lowest BCUT2D eigenvalue weighted by atomic mass is 10.0. The van der Waals surface area contributed by atoms with Gasteiger partial charge in [0.2, 0.25) is 0 Å². The summed E-state index contributed by atoms with van der Waals surface area (Å²) < 4.78 is 3.62. The first-order valence-corrected chi connectivity index (χ1v) is 8.48. The Kier molecular flexibility index (Phi) is 4.37. The van der Waals surface area contributed by atoms with Crippen LogP contribution in [0.3, 0.4) is 0 Å². The molecule has 1 aromatic heterocycles. The quantitative estimate of drug-likeness (QED) is 0.516. The normalized spacial score (nSPS) is 11.8. The van der Waals surface area contributed by atoms with Crippen LogP contribution >= 0.6 is 15.9 Å². The van der Waals surface area contributed by atoms with Gasteiger partial charge in [-0.25, -0.2) is 0 Å². The molecule has 1 aliphatic rings. The second-order valence-electron chi connectivity index (χ2n) is 5.59. The Morgan fingerprint density at radius 3 is 2.59 bits per heavy atom. The lowest BCUT2D eigenvalue weighted by Gasteiger charge is -2.02. The maximum Gasteiger partial charge on any atom is 0.0530 e. The Bertz CT molecular complexity index is 818. The molecular weight excluding hydrogens is 336 g/mol. The Hall–Kier alpha value is -1.58. The van der Waals surface area contributed by atoms with Crippen LogP contribution in [0.2, 0.25) is 0 Å². The molecule has 1 aliphatic heterocycles. The highest BCUT2D eigenvalue weighted by atomic mass is 79.9. The maximum absolute atomic E-state index is 3.59. The number of nitrogens with zero attached hydrogens (tertiary/aromatic N) is 1. The van der Waals surface area contributed by atoms with E-state index in [-0.39, 0.29) is 0 Å². The van der Waals surface area contributed by atoms with E-state index in [0.717, 1.165) is 17.4 Å². The molecule has 0 aliphatic carbocycles. The predicted molar refractivity (Wildman–Crippen MR) is 98.5 cm³/mol. The third-order valence-corrected chi connectivity index (χ3v) is 4.58. The molecule has 3 heteroatoms. The van der Waals surface area contributed by atoms with E-state index < -0.39 is 0 Å². The van der Waals surface area contributed by atoms with Crippen molar-refractivity contribution in [3.63, 3.8) is 0 Å². The summed E-state index contributed by atoms with van der Waals surface area (Å²) in [6.45, 7) is 3.25. The van der Waals surface area contributed by atoms with Gasteiger partial charge in [-0.3, -0.25) is 0 Å². The van der Waals surface area contributed by atoms with E-state index in [4.69, 9.17) is 0 Å². The van der Waals surface area contributed by atoms with Gasteiger partial charge >= 0.3 is 0 Å². The summed E-state index contributed by atoms with van der Waals surface area (Å²) in [7, 11) is 3.75. The summed E-state index contributed by atoms with van der Waals surface area (Å²) in [6, 6.07) is 15.4. The average Bonchev–Trinajstić information content (AvgIpc) is 3.02. The van der Waals surface area contributed by atoms with Crippen LogP contribution in [0.25, 0.3) is 22.2 Å². The van der Waals surface area contributed by atoms with Gasteiger partial charge in [0.05, 0.1) is 5.69 Å². The molecule has 2 nitrogen and oxygen atoms in total. The number of nitrogens with one attached hydrogen (secondary N) is 1. The van der Waals surface area contributed by atoms with Crippen LogP contribution in [0.15, 0.2) is 46.9 Å². The first-order chi connectivity index (χ1) is 10.7. The average molecular weight is 357 g/mol. The zero-order chi connectivity index (χ0) is 15.7. The van der Waals surface area contributed by atoms with Gasteiger partial charge in [0, 0.05) is 27.5 Å². The third kappa shape index (κ3) is 2.38. The molecule has 0 atom stereocenters. The van der Waals surface area contributed by atoms with Gasteiger partial charge in [0.15, 0.2) is 0 Å². The Morgan fingerprint density at radius 2 is 1.86 bits per heavy atom. The van der Waals surface area contributed by atoms with Gasteiger partial charge < -0.3 is 9.88 Å². The molecule has 0 saturated carbocycles. The van der Waals surface area contributed by atoms with Gasteiger partial charge in [0.1, 0.15) is 0 Å². The summed E-state index contributed by atoms with van der Waals surface area (Å²) in [5.74, 6) is 0. The minimum atomic E-state index is 1.00. The third-order valence-electron chi connectivity index (χ3n) is 4.08. The van der Waals surface area contributed by atoms with E-state index in [1.807, 2.05) is 14.1 Å². The molecular formula is C19H21BrN2. The number of halogens is 1. The summed E-state index contributed by atoms with van der Waals surface area (Å²) >= 11 is 3.59. The molecule has 114 valence electrons. The number of rotatable bonds is 1. The topological polar surface area (TPSA) is 17.0 Å². The molecule has 0 unspecified atom stereocenters. The Morgan fingerprint density at radius 1 is 1.14 bits per heavy atom. The fourth-order valence-corrected chi connectivity index (χ4v) is 3.65. The van der Waals surface area contributed by atoms with Crippen LogP contribution < -0.4 is 5.32 Å². The Balaban J connectivity index is 0.000000446. The highest BCUT2D eigenvalue weighted by Crippen LogP contribution is 2.41.